The number of Topliss-reactive ketones (excluding diaryl/α,β-unsaturated/α-hetero) is 1. The Morgan fingerprint density at radius 2 is 2.08 bits per heavy atom. The van der Waals surface area contributed by atoms with E-state index < -0.39 is 0 Å². The van der Waals surface area contributed by atoms with Crippen LogP contribution in [0.2, 0.25) is 0 Å². The molecule has 2 fully saturated rings. The number of carbonyl (C=O) groups excluding carboxylic acids is 1. The van der Waals surface area contributed by atoms with Crippen LogP contribution < -0.4 is 0 Å². The summed E-state index contributed by atoms with van der Waals surface area (Å²) in [5.41, 5.74) is 0. The zero-order valence-electron chi connectivity index (χ0n) is 8.05. The molecule has 0 amide bonds. The second-order valence-electron chi connectivity index (χ2n) is 4.64. The summed E-state index contributed by atoms with van der Waals surface area (Å²) in [5.74, 6) is 3.44. The van der Waals surface area contributed by atoms with E-state index in [0.717, 1.165) is 24.2 Å². The van der Waals surface area contributed by atoms with Gasteiger partial charge in [-0.25, -0.2) is 0 Å². The molecule has 0 N–H and O–H groups in total. The molecular weight excluding hydrogens is 148 g/mol. The predicted octanol–water partition coefficient (Wildman–Crippen LogP) is 2.65. The van der Waals surface area contributed by atoms with Gasteiger partial charge in [0.1, 0.15) is 5.78 Å². The van der Waals surface area contributed by atoms with E-state index in [1.54, 1.807) is 0 Å². The molecule has 0 radical (unpaired) electrons. The summed E-state index contributed by atoms with van der Waals surface area (Å²) < 4.78 is 0. The first kappa shape index (κ1) is 8.28. The van der Waals surface area contributed by atoms with Crippen LogP contribution in [-0.4, -0.2) is 5.78 Å². The van der Waals surface area contributed by atoms with Crippen LogP contribution in [0.5, 0.6) is 0 Å². The van der Waals surface area contributed by atoms with E-state index in [1.807, 2.05) is 6.92 Å². The van der Waals surface area contributed by atoms with E-state index in [1.165, 1.54) is 19.3 Å². The monoisotopic (exact) mass is 166 g/mol. The molecule has 0 saturated heterocycles. The average Bonchev–Trinajstić information content (AvgIpc) is 2.60. The third kappa shape index (κ3) is 1.10. The van der Waals surface area contributed by atoms with Gasteiger partial charge in [-0.05, 0) is 37.0 Å². The van der Waals surface area contributed by atoms with E-state index in [-0.39, 0.29) is 0 Å². The number of ketones is 1. The number of fused-ring (bicyclic) bond motifs is 2. The normalized spacial score (nSPS) is 45.2. The van der Waals surface area contributed by atoms with Crippen LogP contribution in [0.25, 0.3) is 0 Å². The first-order chi connectivity index (χ1) is 5.72. The molecular formula is C11H18O. The molecule has 2 bridgehead atoms. The Kier molecular flexibility index (Phi) is 1.97. The first-order valence-corrected chi connectivity index (χ1v) is 5.25. The van der Waals surface area contributed by atoms with E-state index in [9.17, 15) is 4.79 Å². The van der Waals surface area contributed by atoms with Crippen molar-refractivity contribution in [3.05, 3.63) is 0 Å². The molecule has 2 aliphatic carbocycles. The van der Waals surface area contributed by atoms with Gasteiger partial charge in [0.2, 0.25) is 0 Å². The highest BCUT2D eigenvalue weighted by Crippen LogP contribution is 2.52. The Morgan fingerprint density at radius 1 is 1.33 bits per heavy atom. The lowest BCUT2D eigenvalue weighted by Crippen LogP contribution is -2.24. The molecule has 1 nitrogen and oxygen atoms in total. The van der Waals surface area contributed by atoms with Gasteiger partial charge in [-0.15, -0.1) is 0 Å². The minimum absolute atomic E-state index is 0.448. The third-order valence-electron chi connectivity index (χ3n) is 3.91. The van der Waals surface area contributed by atoms with E-state index in [2.05, 4.69) is 6.92 Å². The lowest BCUT2D eigenvalue weighted by Gasteiger charge is -2.25. The minimum Gasteiger partial charge on any atom is -0.299 e. The van der Waals surface area contributed by atoms with E-state index >= 15 is 0 Å². The van der Waals surface area contributed by atoms with Crippen molar-refractivity contribution in [1.29, 1.82) is 0 Å². The van der Waals surface area contributed by atoms with Gasteiger partial charge < -0.3 is 0 Å². The zero-order chi connectivity index (χ0) is 8.72. The number of hydrogen-bond acceptors (Lipinski definition) is 1. The van der Waals surface area contributed by atoms with Gasteiger partial charge in [0.25, 0.3) is 0 Å². The van der Waals surface area contributed by atoms with Crippen LogP contribution in [0.4, 0.5) is 0 Å². The van der Waals surface area contributed by atoms with Crippen molar-refractivity contribution in [1.82, 2.24) is 0 Å². The standard InChI is InChI=1S/C11H18O/c1-3-11(12)10-6-8-4-7(2)9(10)5-8/h7-10H,3-6H2,1-2H3. The molecule has 0 aromatic heterocycles. The van der Waals surface area contributed by atoms with Gasteiger partial charge in [0, 0.05) is 12.3 Å². The Bertz CT molecular complexity index is 197. The van der Waals surface area contributed by atoms with Gasteiger partial charge in [-0.1, -0.05) is 13.8 Å². The molecule has 0 aliphatic heterocycles. The van der Waals surface area contributed by atoms with Gasteiger partial charge >= 0.3 is 0 Å². The van der Waals surface area contributed by atoms with Crippen LogP contribution >= 0.6 is 0 Å². The fraction of sp³-hybridized carbons (Fsp3) is 0.909. The SMILES string of the molecule is CCC(=O)C1CC2CC(C)C1C2. The molecule has 0 heterocycles. The summed E-state index contributed by atoms with van der Waals surface area (Å²) >= 11 is 0. The largest absolute Gasteiger partial charge is 0.299 e. The quantitative estimate of drug-likeness (QED) is 0.616. The van der Waals surface area contributed by atoms with Gasteiger partial charge in [0.15, 0.2) is 0 Å². The third-order valence-corrected chi connectivity index (χ3v) is 3.91. The maximum Gasteiger partial charge on any atom is 0.135 e. The molecule has 12 heavy (non-hydrogen) atoms. The lowest BCUT2D eigenvalue weighted by atomic mass is 9.79. The Balaban J connectivity index is 2.07. The molecule has 0 aromatic carbocycles. The highest BCUT2D eigenvalue weighted by atomic mass is 16.1. The molecule has 2 aliphatic rings. The molecule has 4 atom stereocenters. The van der Waals surface area contributed by atoms with Crippen LogP contribution in [0.15, 0.2) is 0 Å². The minimum atomic E-state index is 0.448. The molecule has 4 unspecified atom stereocenters. The molecule has 2 saturated carbocycles. The van der Waals surface area contributed by atoms with Crippen molar-refractivity contribution in [3.63, 3.8) is 0 Å². The highest BCUT2D eigenvalue weighted by molar-refractivity contribution is 5.81. The van der Waals surface area contributed by atoms with Crippen LogP contribution in [0, 0.1) is 23.7 Å². The number of carbonyl (C=O) groups is 1. The van der Waals surface area contributed by atoms with Crippen molar-refractivity contribution in [2.45, 2.75) is 39.5 Å². The van der Waals surface area contributed by atoms with Gasteiger partial charge in [-0.3, -0.25) is 4.79 Å². The second kappa shape index (κ2) is 2.86. The summed E-state index contributed by atoms with van der Waals surface area (Å²) in [6, 6.07) is 0. The topological polar surface area (TPSA) is 17.1 Å². The Morgan fingerprint density at radius 3 is 2.58 bits per heavy atom. The Labute approximate surface area is 74.5 Å². The van der Waals surface area contributed by atoms with Gasteiger partial charge in [-0.2, -0.15) is 0 Å². The van der Waals surface area contributed by atoms with Crippen LogP contribution in [0.1, 0.15) is 39.5 Å². The second-order valence-corrected chi connectivity index (χ2v) is 4.64. The average molecular weight is 166 g/mol. The van der Waals surface area contributed by atoms with Crippen LogP contribution in [0.3, 0.4) is 0 Å². The predicted molar refractivity (Wildman–Crippen MR) is 48.8 cm³/mol. The molecule has 2 rings (SSSR count). The number of hydrogen-bond donors (Lipinski definition) is 0. The maximum atomic E-state index is 11.5. The summed E-state index contributed by atoms with van der Waals surface area (Å²) in [5, 5.41) is 0. The van der Waals surface area contributed by atoms with E-state index in [4.69, 9.17) is 0 Å². The smallest absolute Gasteiger partial charge is 0.135 e. The fourth-order valence-electron chi connectivity index (χ4n) is 3.33. The van der Waals surface area contributed by atoms with Crippen molar-refractivity contribution < 1.29 is 4.79 Å². The van der Waals surface area contributed by atoms with Crippen molar-refractivity contribution in [2.24, 2.45) is 23.7 Å². The summed E-state index contributed by atoms with van der Waals surface area (Å²) in [7, 11) is 0. The van der Waals surface area contributed by atoms with E-state index in [0.29, 0.717) is 11.7 Å². The van der Waals surface area contributed by atoms with Crippen LogP contribution in [-0.2, 0) is 4.79 Å². The maximum absolute atomic E-state index is 11.5. The molecule has 0 aromatic rings. The Hall–Kier alpha value is -0.330. The summed E-state index contributed by atoms with van der Waals surface area (Å²) in [6.07, 6.45) is 4.69. The van der Waals surface area contributed by atoms with Gasteiger partial charge in [0.05, 0.1) is 0 Å². The highest BCUT2D eigenvalue weighted by Gasteiger charge is 2.46. The lowest BCUT2D eigenvalue weighted by molar-refractivity contribution is -0.124. The summed E-state index contributed by atoms with van der Waals surface area (Å²) in [6.45, 7) is 4.32. The fourth-order valence-corrected chi connectivity index (χ4v) is 3.33. The zero-order valence-corrected chi connectivity index (χ0v) is 8.05. The van der Waals surface area contributed by atoms with Crippen molar-refractivity contribution in [3.8, 4) is 0 Å². The summed E-state index contributed by atoms with van der Waals surface area (Å²) in [4.78, 5) is 11.5. The van der Waals surface area contributed by atoms with Crippen molar-refractivity contribution in [2.75, 3.05) is 0 Å². The number of rotatable bonds is 2. The molecule has 1 heteroatoms. The van der Waals surface area contributed by atoms with Crippen molar-refractivity contribution >= 4 is 5.78 Å². The molecule has 68 valence electrons. The first-order valence-electron chi connectivity index (χ1n) is 5.25. The molecule has 0 spiro atoms.